The zero-order valence-corrected chi connectivity index (χ0v) is 19.8. The minimum atomic E-state index is -0.144. The van der Waals surface area contributed by atoms with Crippen molar-refractivity contribution in [1.29, 1.82) is 0 Å². The van der Waals surface area contributed by atoms with Gasteiger partial charge in [0.1, 0.15) is 0 Å². The number of carbonyl (C=O) groups excluding carboxylic acids is 1. The fourth-order valence-corrected chi connectivity index (χ4v) is 3.61. The summed E-state index contributed by atoms with van der Waals surface area (Å²) in [6, 6.07) is 18.9. The van der Waals surface area contributed by atoms with Crippen LogP contribution in [-0.2, 0) is 35.6 Å². The Kier molecular flexibility index (Phi) is 9.17. The van der Waals surface area contributed by atoms with Crippen LogP contribution in [0.1, 0.15) is 22.3 Å². The number of ether oxygens (including phenoxy) is 4. The largest absolute Gasteiger partial charge is 0.504 e. The summed E-state index contributed by atoms with van der Waals surface area (Å²) in [6.07, 6.45) is 0.764. The van der Waals surface area contributed by atoms with E-state index in [1.807, 2.05) is 48.5 Å². The number of phenols is 1. The molecule has 3 aromatic rings. The van der Waals surface area contributed by atoms with Crippen molar-refractivity contribution >= 4 is 5.91 Å². The van der Waals surface area contributed by atoms with E-state index in [1.54, 1.807) is 26.4 Å². The van der Waals surface area contributed by atoms with Crippen molar-refractivity contribution in [1.82, 2.24) is 5.32 Å². The number of methoxy groups -OCH3 is 3. The van der Waals surface area contributed by atoms with Gasteiger partial charge in [0.2, 0.25) is 5.91 Å². The van der Waals surface area contributed by atoms with Gasteiger partial charge in [-0.25, -0.2) is 0 Å². The Hall–Kier alpha value is -3.71. The van der Waals surface area contributed by atoms with Crippen LogP contribution < -0.4 is 19.5 Å². The van der Waals surface area contributed by atoms with Crippen LogP contribution in [0.4, 0.5) is 0 Å². The summed E-state index contributed by atoms with van der Waals surface area (Å²) in [5.74, 6) is 1.51. The molecular weight excluding hydrogens is 434 g/mol. The van der Waals surface area contributed by atoms with Crippen LogP contribution >= 0.6 is 0 Å². The Labute approximate surface area is 200 Å². The third-order valence-electron chi connectivity index (χ3n) is 5.46. The second kappa shape index (κ2) is 12.5. The summed E-state index contributed by atoms with van der Waals surface area (Å²) < 4.78 is 21.6. The molecule has 180 valence electrons. The van der Waals surface area contributed by atoms with Crippen molar-refractivity contribution < 1.29 is 28.8 Å². The van der Waals surface area contributed by atoms with Gasteiger partial charge in [0.15, 0.2) is 23.0 Å². The van der Waals surface area contributed by atoms with Crippen LogP contribution in [0.5, 0.6) is 23.0 Å². The highest BCUT2D eigenvalue weighted by Gasteiger charge is 2.16. The van der Waals surface area contributed by atoms with Crippen molar-refractivity contribution in [3.05, 3.63) is 82.9 Å². The Morgan fingerprint density at radius 1 is 0.824 bits per heavy atom. The monoisotopic (exact) mass is 465 g/mol. The summed E-state index contributed by atoms with van der Waals surface area (Å²) in [6.45, 7) is 1.02. The third-order valence-corrected chi connectivity index (χ3v) is 5.46. The van der Waals surface area contributed by atoms with Crippen LogP contribution in [0.2, 0.25) is 0 Å². The van der Waals surface area contributed by atoms with Crippen LogP contribution in [0, 0.1) is 0 Å². The number of hydrogen-bond donors (Lipinski definition) is 2. The Morgan fingerprint density at radius 2 is 1.53 bits per heavy atom. The van der Waals surface area contributed by atoms with E-state index in [0.717, 1.165) is 11.1 Å². The topological polar surface area (TPSA) is 86.3 Å². The van der Waals surface area contributed by atoms with Crippen molar-refractivity contribution in [3.8, 4) is 23.0 Å². The molecule has 0 radical (unpaired) electrons. The highest BCUT2D eigenvalue weighted by molar-refractivity contribution is 5.79. The fourth-order valence-electron chi connectivity index (χ4n) is 3.61. The van der Waals surface area contributed by atoms with Crippen molar-refractivity contribution in [2.24, 2.45) is 0 Å². The second-order valence-electron chi connectivity index (χ2n) is 7.70. The fraction of sp³-hybridized carbons (Fsp3) is 0.296. The molecule has 1 amide bonds. The molecule has 0 bridgehead atoms. The summed E-state index contributed by atoms with van der Waals surface area (Å²) in [4.78, 5) is 12.6. The molecule has 0 fully saturated rings. The molecule has 2 N–H and O–H groups in total. The van der Waals surface area contributed by atoms with E-state index in [2.05, 4.69) is 5.32 Å². The lowest BCUT2D eigenvalue weighted by atomic mass is 10.0. The maximum Gasteiger partial charge on any atom is 0.224 e. The van der Waals surface area contributed by atoms with Gasteiger partial charge in [-0.15, -0.1) is 0 Å². The number of rotatable bonds is 12. The Morgan fingerprint density at radius 3 is 2.24 bits per heavy atom. The molecule has 0 unspecified atom stereocenters. The third kappa shape index (κ3) is 6.65. The molecular formula is C27H31NO6. The minimum Gasteiger partial charge on any atom is -0.504 e. The lowest BCUT2D eigenvalue weighted by molar-refractivity contribution is -0.120. The van der Waals surface area contributed by atoms with Crippen molar-refractivity contribution in [3.63, 3.8) is 0 Å². The average molecular weight is 466 g/mol. The first-order valence-electron chi connectivity index (χ1n) is 11.0. The average Bonchev–Trinajstić information content (AvgIpc) is 2.86. The lowest BCUT2D eigenvalue weighted by Crippen LogP contribution is -2.27. The summed E-state index contributed by atoms with van der Waals surface area (Å²) in [5.41, 5.74) is 3.29. The molecule has 0 saturated carbocycles. The molecule has 3 aromatic carbocycles. The van der Waals surface area contributed by atoms with Gasteiger partial charge in [-0.3, -0.25) is 4.79 Å². The number of benzene rings is 3. The molecule has 0 aliphatic rings. The minimum absolute atomic E-state index is 0.00816. The Balaban J connectivity index is 1.60. The van der Waals surface area contributed by atoms with E-state index >= 15 is 0 Å². The predicted molar refractivity (Wildman–Crippen MR) is 130 cm³/mol. The van der Waals surface area contributed by atoms with E-state index in [-0.39, 0.29) is 24.7 Å². The van der Waals surface area contributed by atoms with Crippen molar-refractivity contribution in [2.45, 2.75) is 26.1 Å². The maximum absolute atomic E-state index is 12.6. The summed E-state index contributed by atoms with van der Waals surface area (Å²) in [5, 5.41) is 13.6. The van der Waals surface area contributed by atoms with E-state index in [1.165, 1.54) is 7.11 Å². The molecule has 0 spiro atoms. The number of carbonyl (C=O) groups is 1. The number of phenolic OH excluding ortho intramolecular Hbond substituents is 1. The smallest absolute Gasteiger partial charge is 0.224 e. The van der Waals surface area contributed by atoms with Crippen LogP contribution in [-0.4, -0.2) is 38.9 Å². The van der Waals surface area contributed by atoms with Crippen molar-refractivity contribution in [2.75, 3.05) is 27.9 Å². The first kappa shape index (κ1) is 24.9. The first-order chi connectivity index (χ1) is 16.5. The summed E-state index contributed by atoms with van der Waals surface area (Å²) in [7, 11) is 4.68. The highest BCUT2D eigenvalue weighted by atomic mass is 16.5. The molecule has 3 rings (SSSR count). The summed E-state index contributed by atoms with van der Waals surface area (Å²) >= 11 is 0. The second-order valence-corrected chi connectivity index (χ2v) is 7.70. The number of hydrogen-bond acceptors (Lipinski definition) is 6. The lowest BCUT2D eigenvalue weighted by Gasteiger charge is -2.15. The number of amides is 1. The van der Waals surface area contributed by atoms with Crippen LogP contribution in [0.15, 0.2) is 60.7 Å². The van der Waals surface area contributed by atoms with Crippen LogP contribution in [0.25, 0.3) is 0 Å². The van der Waals surface area contributed by atoms with Gasteiger partial charge in [0, 0.05) is 12.1 Å². The quantitative estimate of drug-likeness (QED) is 0.420. The highest BCUT2D eigenvalue weighted by Crippen LogP contribution is 2.33. The molecule has 7 nitrogen and oxygen atoms in total. The predicted octanol–water partition coefficient (Wildman–Crippen LogP) is 4.04. The zero-order valence-electron chi connectivity index (χ0n) is 19.8. The zero-order chi connectivity index (χ0) is 24.3. The SMILES string of the molecule is COc1ccc(CCNC(=O)Cc2ccc(OC)c(O)c2COCc2ccccc2)cc1OC. The van der Waals surface area contributed by atoms with Gasteiger partial charge in [0.25, 0.3) is 0 Å². The molecule has 0 heterocycles. The number of aromatic hydroxyl groups is 1. The molecule has 0 aromatic heterocycles. The Bertz CT molecular complexity index is 1080. The van der Waals surface area contributed by atoms with Gasteiger partial charge in [-0.05, 0) is 41.3 Å². The van der Waals surface area contributed by atoms with E-state index in [9.17, 15) is 9.90 Å². The standard InChI is InChI=1S/C27H31NO6/c1-31-23-11-9-19(15-25(23)33-3)13-14-28-26(29)16-21-10-12-24(32-2)27(30)22(21)18-34-17-20-7-5-4-6-8-20/h4-12,15,30H,13-14,16-18H2,1-3H3,(H,28,29). The van der Waals surface area contributed by atoms with E-state index in [0.29, 0.717) is 47.9 Å². The molecule has 34 heavy (non-hydrogen) atoms. The normalized spacial score (nSPS) is 10.6. The van der Waals surface area contributed by atoms with E-state index < -0.39 is 0 Å². The van der Waals surface area contributed by atoms with Crippen LogP contribution in [0.3, 0.4) is 0 Å². The van der Waals surface area contributed by atoms with Gasteiger partial charge in [-0.2, -0.15) is 0 Å². The maximum atomic E-state index is 12.6. The molecule has 0 saturated heterocycles. The van der Waals surface area contributed by atoms with Gasteiger partial charge < -0.3 is 29.4 Å². The molecule has 0 aliphatic carbocycles. The van der Waals surface area contributed by atoms with Gasteiger partial charge in [0.05, 0.1) is 41.0 Å². The molecule has 0 atom stereocenters. The number of nitrogens with one attached hydrogen (secondary N) is 1. The first-order valence-corrected chi connectivity index (χ1v) is 11.0. The van der Waals surface area contributed by atoms with E-state index in [4.69, 9.17) is 18.9 Å². The molecule has 7 heteroatoms. The van der Waals surface area contributed by atoms with Gasteiger partial charge in [-0.1, -0.05) is 42.5 Å². The molecule has 0 aliphatic heterocycles. The van der Waals surface area contributed by atoms with Gasteiger partial charge >= 0.3 is 0 Å².